The second kappa shape index (κ2) is 6.26. The van der Waals surface area contributed by atoms with Crippen LogP contribution >= 0.6 is 50.5 Å². The fourth-order valence-corrected chi connectivity index (χ4v) is 3.05. The van der Waals surface area contributed by atoms with Crippen LogP contribution in [0.4, 0.5) is 0 Å². The summed E-state index contributed by atoms with van der Waals surface area (Å²) in [6.45, 7) is 0.361. The highest BCUT2D eigenvalue weighted by Crippen LogP contribution is 2.34. The summed E-state index contributed by atoms with van der Waals surface area (Å²) in [4.78, 5) is 0.985. The molecule has 0 fully saturated rings. The Balaban J connectivity index is 2.22. The Morgan fingerprint density at radius 2 is 2.06 bits per heavy atom. The standard InChI is InChI=1S/C12H10BrCl2NOS/c13-7-1-2-8(14)9(5-7)17-10(6-16)11-3-4-12(15)18-11/h1-5,10H,6,16H2. The first-order chi connectivity index (χ1) is 8.60. The van der Waals surface area contributed by atoms with E-state index in [1.54, 1.807) is 6.07 Å². The molecule has 0 saturated carbocycles. The molecule has 0 aliphatic carbocycles. The van der Waals surface area contributed by atoms with Crippen molar-refractivity contribution in [1.82, 2.24) is 0 Å². The molecule has 0 aliphatic heterocycles. The molecule has 2 nitrogen and oxygen atoms in total. The minimum atomic E-state index is -0.241. The Morgan fingerprint density at radius 1 is 1.28 bits per heavy atom. The SMILES string of the molecule is NCC(Oc1cc(Br)ccc1Cl)c1ccc(Cl)s1. The van der Waals surface area contributed by atoms with Crippen molar-refractivity contribution in [2.45, 2.75) is 6.10 Å². The van der Waals surface area contributed by atoms with E-state index in [4.69, 9.17) is 33.7 Å². The van der Waals surface area contributed by atoms with Gasteiger partial charge >= 0.3 is 0 Å². The van der Waals surface area contributed by atoms with Gasteiger partial charge in [-0.25, -0.2) is 0 Å². The Kier molecular flexibility index (Phi) is 4.92. The zero-order chi connectivity index (χ0) is 13.1. The van der Waals surface area contributed by atoms with E-state index in [1.807, 2.05) is 24.3 Å². The quantitative estimate of drug-likeness (QED) is 0.835. The second-order valence-corrected chi connectivity index (χ2v) is 6.63. The maximum Gasteiger partial charge on any atom is 0.145 e. The van der Waals surface area contributed by atoms with Crippen molar-refractivity contribution in [3.8, 4) is 5.75 Å². The predicted octanol–water partition coefficient (Wildman–Crippen LogP) is 4.90. The molecule has 0 spiro atoms. The molecule has 0 saturated heterocycles. The molecule has 96 valence electrons. The molecule has 6 heteroatoms. The molecule has 18 heavy (non-hydrogen) atoms. The molecule has 2 aromatic rings. The molecule has 1 atom stereocenters. The van der Waals surface area contributed by atoms with Crippen molar-refractivity contribution < 1.29 is 4.74 Å². The van der Waals surface area contributed by atoms with Gasteiger partial charge in [0.1, 0.15) is 11.9 Å². The number of benzene rings is 1. The summed E-state index contributed by atoms with van der Waals surface area (Å²) in [6, 6.07) is 9.19. The molecule has 0 bridgehead atoms. The van der Waals surface area contributed by atoms with Crippen molar-refractivity contribution in [2.75, 3.05) is 6.54 Å². The lowest BCUT2D eigenvalue weighted by Gasteiger charge is -2.17. The van der Waals surface area contributed by atoms with Crippen LogP contribution in [0.25, 0.3) is 0 Å². The van der Waals surface area contributed by atoms with Crippen molar-refractivity contribution in [1.29, 1.82) is 0 Å². The van der Waals surface area contributed by atoms with E-state index in [2.05, 4.69) is 15.9 Å². The summed E-state index contributed by atoms with van der Waals surface area (Å²) in [5.41, 5.74) is 5.73. The predicted molar refractivity (Wildman–Crippen MR) is 80.9 cm³/mol. The van der Waals surface area contributed by atoms with E-state index >= 15 is 0 Å². The minimum absolute atomic E-state index is 0.241. The van der Waals surface area contributed by atoms with Crippen molar-refractivity contribution in [3.05, 3.63) is 49.0 Å². The topological polar surface area (TPSA) is 35.2 Å². The first-order valence-corrected chi connectivity index (χ1v) is 7.53. The smallest absolute Gasteiger partial charge is 0.145 e. The lowest BCUT2D eigenvalue weighted by Crippen LogP contribution is -2.17. The van der Waals surface area contributed by atoms with Crippen LogP contribution in [0.3, 0.4) is 0 Å². The summed E-state index contributed by atoms with van der Waals surface area (Å²) < 4.78 is 7.46. The number of halogens is 3. The van der Waals surface area contributed by atoms with Gasteiger partial charge in [-0.15, -0.1) is 11.3 Å². The molecular weight excluding hydrogens is 357 g/mol. The maximum absolute atomic E-state index is 6.08. The van der Waals surface area contributed by atoms with Gasteiger partial charge in [0.2, 0.25) is 0 Å². The molecule has 1 aromatic carbocycles. The fraction of sp³-hybridized carbons (Fsp3) is 0.167. The normalized spacial score (nSPS) is 12.4. The van der Waals surface area contributed by atoms with Gasteiger partial charge in [0, 0.05) is 15.9 Å². The van der Waals surface area contributed by atoms with Crippen molar-refractivity contribution in [2.24, 2.45) is 5.73 Å². The highest BCUT2D eigenvalue weighted by molar-refractivity contribution is 9.10. The third kappa shape index (κ3) is 3.39. The fourth-order valence-electron chi connectivity index (χ4n) is 1.44. The van der Waals surface area contributed by atoms with E-state index in [-0.39, 0.29) is 6.10 Å². The molecule has 1 aromatic heterocycles. The lowest BCUT2D eigenvalue weighted by molar-refractivity contribution is 0.218. The highest BCUT2D eigenvalue weighted by Gasteiger charge is 2.15. The van der Waals surface area contributed by atoms with Crippen LogP contribution in [0.1, 0.15) is 11.0 Å². The van der Waals surface area contributed by atoms with Gasteiger partial charge in [0.15, 0.2) is 0 Å². The van der Waals surface area contributed by atoms with Crippen LogP contribution < -0.4 is 10.5 Å². The van der Waals surface area contributed by atoms with Crippen LogP contribution in [0.15, 0.2) is 34.8 Å². The largest absolute Gasteiger partial charge is 0.482 e. The van der Waals surface area contributed by atoms with E-state index in [1.165, 1.54) is 11.3 Å². The van der Waals surface area contributed by atoms with Gasteiger partial charge in [0.05, 0.1) is 9.36 Å². The second-order valence-electron chi connectivity index (χ2n) is 3.56. The van der Waals surface area contributed by atoms with Gasteiger partial charge in [-0.05, 0) is 30.3 Å². The van der Waals surface area contributed by atoms with E-state index in [0.717, 1.165) is 9.35 Å². The Morgan fingerprint density at radius 3 is 2.67 bits per heavy atom. The van der Waals surface area contributed by atoms with Crippen molar-refractivity contribution in [3.63, 3.8) is 0 Å². The first kappa shape index (κ1) is 14.2. The molecule has 0 amide bonds. The highest BCUT2D eigenvalue weighted by atomic mass is 79.9. The average Bonchev–Trinajstić information content (AvgIpc) is 2.77. The van der Waals surface area contributed by atoms with Crippen LogP contribution in [-0.2, 0) is 0 Å². The molecule has 0 radical (unpaired) electrons. The third-order valence-corrected chi connectivity index (χ3v) is 4.42. The Bertz CT molecular complexity index is 547. The third-order valence-electron chi connectivity index (χ3n) is 2.29. The maximum atomic E-state index is 6.08. The Labute approximate surface area is 128 Å². The number of hydrogen-bond acceptors (Lipinski definition) is 3. The number of nitrogens with two attached hydrogens (primary N) is 1. The number of hydrogen-bond donors (Lipinski definition) is 1. The number of ether oxygens (including phenoxy) is 1. The van der Waals surface area contributed by atoms with Gasteiger partial charge in [-0.1, -0.05) is 39.1 Å². The van der Waals surface area contributed by atoms with E-state index < -0.39 is 0 Å². The zero-order valence-electron chi connectivity index (χ0n) is 9.20. The van der Waals surface area contributed by atoms with Gasteiger partial charge in [-0.3, -0.25) is 0 Å². The van der Waals surface area contributed by atoms with E-state index in [0.29, 0.717) is 21.7 Å². The van der Waals surface area contributed by atoms with Crippen LogP contribution in [0.2, 0.25) is 9.36 Å². The first-order valence-electron chi connectivity index (χ1n) is 5.17. The summed E-state index contributed by atoms with van der Waals surface area (Å²) >= 11 is 16.8. The van der Waals surface area contributed by atoms with Crippen LogP contribution in [0.5, 0.6) is 5.75 Å². The number of rotatable bonds is 4. The summed E-state index contributed by atoms with van der Waals surface area (Å²) in [5, 5.41) is 0.555. The molecule has 2 N–H and O–H groups in total. The summed E-state index contributed by atoms with van der Waals surface area (Å²) in [6.07, 6.45) is -0.241. The lowest BCUT2D eigenvalue weighted by atomic mass is 10.3. The summed E-state index contributed by atoms with van der Waals surface area (Å²) in [5.74, 6) is 0.603. The zero-order valence-corrected chi connectivity index (χ0v) is 13.1. The monoisotopic (exact) mass is 365 g/mol. The average molecular weight is 367 g/mol. The van der Waals surface area contributed by atoms with Gasteiger partial charge < -0.3 is 10.5 Å². The molecule has 1 heterocycles. The summed E-state index contributed by atoms with van der Waals surface area (Å²) in [7, 11) is 0. The van der Waals surface area contributed by atoms with Crippen LogP contribution in [-0.4, -0.2) is 6.54 Å². The number of thiophene rings is 1. The van der Waals surface area contributed by atoms with Crippen molar-refractivity contribution >= 4 is 50.5 Å². The molecular formula is C12H10BrCl2NOS. The van der Waals surface area contributed by atoms with Gasteiger partial charge in [0.25, 0.3) is 0 Å². The van der Waals surface area contributed by atoms with Crippen LogP contribution in [0, 0.1) is 0 Å². The van der Waals surface area contributed by atoms with Gasteiger partial charge in [-0.2, -0.15) is 0 Å². The molecule has 1 unspecified atom stereocenters. The Hall–Kier alpha value is -0.260. The molecule has 0 aliphatic rings. The minimum Gasteiger partial charge on any atom is -0.482 e. The van der Waals surface area contributed by atoms with E-state index in [9.17, 15) is 0 Å². The molecule has 2 rings (SSSR count).